The molecule has 2 rings (SSSR count). The number of halogens is 1. The lowest BCUT2D eigenvalue weighted by Gasteiger charge is -2.51. The minimum atomic E-state index is 0.333. The molecule has 0 atom stereocenters. The van der Waals surface area contributed by atoms with E-state index < -0.39 is 0 Å². The van der Waals surface area contributed by atoms with Gasteiger partial charge in [0.25, 0.3) is 0 Å². The monoisotopic (exact) mass is 323 g/mol. The van der Waals surface area contributed by atoms with Gasteiger partial charge in [0.05, 0.1) is 0 Å². The van der Waals surface area contributed by atoms with Crippen molar-refractivity contribution in [3.8, 4) is 0 Å². The van der Waals surface area contributed by atoms with Crippen molar-refractivity contribution in [1.82, 2.24) is 5.32 Å². The summed E-state index contributed by atoms with van der Waals surface area (Å²) in [6.45, 7) is 10.3. The zero-order chi connectivity index (χ0) is 14.0. The summed E-state index contributed by atoms with van der Waals surface area (Å²) in [6.07, 6.45) is 2.62. The van der Waals surface area contributed by atoms with Crippen LogP contribution >= 0.6 is 15.9 Å². The van der Waals surface area contributed by atoms with E-state index in [2.05, 4.69) is 73.2 Å². The van der Waals surface area contributed by atoms with Gasteiger partial charge in [0.15, 0.2) is 0 Å². The normalized spacial score (nSPS) is 26.8. The Balaban J connectivity index is 2.19. The van der Waals surface area contributed by atoms with Crippen LogP contribution in [0.25, 0.3) is 0 Å². The summed E-state index contributed by atoms with van der Waals surface area (Å²) in [4.78, 5) is 0. The first kappa shape index (κ1) is 15.1. The largest absolute Gasteiger partial charge is 0.314 e. The van der Waals surface area contributed by atoms with E-state index >= 15 is 0 Å². The number of benzene rings is 1. The third kappa shape index (κ3) is 3.22. The van der Waals surface area contributed by atoms with E-state index in [0.717, 1.165) is 18.4 Å². The Morgan fingerprint density at radius 1 is 1.21 bits per heavy atom. The van der Waals surface area contributed by atoms with Crippen LogP contribution in [0.15, 0.2) is 28.7 Å². The van der Waals surface area contributed by atoms with Gasteiger partial charge in [0.2, 0.25) is 0 Å². The molecule has 1 fully saturated rings. The maximum Gasteiger partial charge on any atom is 0.0213 e. The molecule has 1 aliphatic carbocycles. The molecule has 0 heterocycles. The van der Waals surface area contributed by atoms with E-state index in [0.29, 0.717) is 11.5 Å². The highest BCUT2D eigenvalue weighted by Gasteiger charge is 2.46. The SMILES string of the molecule is CC(C)NCC1(c2ccccc2Br)CC(C(C)C)C1. The summed E-state index contributed by atoms with van der Waals surface area (Å²) < 4.78 is 1.27. The first-order chi connectivity index (χ1) is 8.94. The highest BCUT2D eigenvalue weighted by Crippen LogP contribution is 2.52. The number of rotatable bonds is 5. The standard InChI is InChI=1S/C17H26BrN/c1-12(2)14-9-17(10-14,11-19-13(3)4)15-7-5-6-8-16(15)18/h5-8,12-14,19H,9-11H2,1-4H3. The van der Waals surface area contributed by atoms with Crippen LogP contribution < -0.4 is 5.32 Å². The molecule has 0 saturated heterocycles. The molecule has 1 aliphatic rings. The Bertz CT molecular complexity index is 414. The number of nitrogens with one attached hydrogen (secondary N) is 1. The van der Waals surface area contributed by atoms with E-state index in [1.807, 2.05) is 0 Å². The molecule has 0 aliphatic heterocycles. The molecule has 1 aromatic carbocycles. The summed E-state index contributed by atoms with van der Waals surface area (Å²) in [7, 11) is 0. The van der Waals surface area contributed by atoms with E-state index in [4.69, 9.17) is 0 Å². The lowest BCUT2D eigenvalue weighted by molar-refractivity contribution is 0.0952. The molecular weight excluding hydrogens is 298 g/mol. The molecule has 1 nitrogen and oxygen atoms in total. The van der Waals surface area contributed by atoms with Crippen molar-refractivity contribution in [2.75, 3.05) is 6.54 Å². The molecule has 19 heavy (non-hydrogen) atoms. The molecule has 1 saturated carbocycles. The Kier molecular flexibility index (Phi) is 4.73. The second-order valence-corrected chi connectivity index (χ2v) is 7.56. The van der Waals surface area contributed by atoms with Gasteiger partial charge < -0.3 is 5.32 Å². The molecule has 0 unspecified atom stereocenters. The van der Waals surface area contributed by atoms with Gasteiger partial charge in [-0.15, -0.1) is 0 Å². The fourth-order valence-electron chi connectivity index (χ4n) is 3.17. The molecule has 0 aromatic heterocycles. The van der Waals surface area contributed by atoms with Crippen molar-refractivity contribution >= 4 is 15.9 Å². The van der Waals surface area contributed by atoms with E-state index in [9.17, 15) is 0 Å². The Hall–Kier alpha value is -0.340. The topological polar surface area (TPSA) is 12.0 Å². The smallest absolute Gasteiger partial charge is 0.0213 e. The second-order valence-electron chi connectivity index (χ2n) is 6.71. The van der Waals surface area contributed by atoms with Crippen molar-refractivity contribution in [1.29, 1.82) is 0 Å². The van der Waals surface area contributed by atoms with Crippen LogP contribution in [0.5, 0.6) is 0 Å². The average molecular weight is 324 g/mol. The van der Waals surface area contributed by atoms with Gasteiger partial charge in [-0.05, 0) is 36.3 Å². The van der Waals surface area contributed by atoms with Crippen LogP contribution in [0.2, 0.25) is 0 Å². The van der Waals surface area contributed by atoms with Crippen LogP contribution in [-0.4, -0.2) is 12.6 Å². The maximum absolute atomic E-state index is 3.74. The van der Waals surface area contributed by atoms with Crippen molar-refractivity contribution < 1.29 is 0 Å². The predicted molar refractivity (Wildman–Crippen MR) is 86.5 cm³/mol. The van der Waals surface area contributed by atoms with Gasteiger partial charge in [-0.1, -0.05) is 61.8 Å². The summed E-state index contributed by atoms with van der Waals surface area (Å²) in [5.41, 5.74) is 1.82. The molecule has 0 bridgehead atoms. The van der Waals surface area contributed by atoms with Gasteiger partial charge in [0, 0.05) is 22.5 Å². The summed E-state index contributed by atoms with van der Waals surface area (Å²) >= 11 is 3.74. The lowest BCUT2D eigenvalue weighted by atomic mass is 9.56. The van der Waals surface area contributed by atoms with Crippen LogP contribution in [0.1, 0.15) is 46.1 Å². The zero-order valence-corrected chi connectivity index (χ0v) is 14.1. The molecule has 1 aromatic rings. The minimum Gasteiger partial charge on any atom is -0.314 e. The van der Waals surface area contributed by atoms with Gasteiger partial charge in [-0.3, -0.25) is 0 Å². The Morgan fingerprint density at radius 2 is 1.84 bits per heavy atom. The van der Waals surface area contributed by atoms with Crippen molar-refractivity contribution in [2.24, 2.45) is 11.8 Å². The van der Waals surface area contributed by atoms with Gasteiger partial charge >= 0.3 is 0 Å². The summed E-state index contributed by atoms with van der Waals surface area (Å²) in [5.74, 6) is 1.68. The molecule has 106 valence electrons. The van der Waals surface area contributed by atoms with Crippen molar-refractivity contribution in [3.63, 3.8) is 0 Å². The average Bonchev–Trinajstić information content (AvgIpc) is 2.28. The van der Waals surface area contributed by atoms with Crippen molar-refractivity contribution in [2.45, 2.75) is 52.0 Å². The van der Waals surface area contributed by atoms with Gasteiger partial charge in [-0.2, -0.15) is 0 Å². The Labute approximate surface area is 126 Å². The highest BCUT2D eigenvalue weighted by atomic mass is 79.9. The third-order valence-electron chi connectivity index (χ3n) is 4.54. The maximum atomic E-state index is 3.74. The molecule has 0 spiro atoms. The van der Waals surface area contributed by atoms with Crippen molar-refractivity contribution in [3.05, 3.63) is 34.3 Å². The first-order valence-corrected chi connectivity index (χ1v) is 8.22. The van der Waals surface area contributed by atoms with E-state index in [1.165, 1.54) is 22.9 Å². The van der Waals surface area contributed by atoms with Gasteiger partial charge in [-0.25, -0.2) is 0 Å². The molecule has 0 amide bonds. The molecule has 1 N–H and O–H groups in total. The Morgan fingerprint density at radius 3 is 2.37 bits per heavy atom. The van der Waals surface area contributed by atoms with Gasteiger partial charge in [0.1, 0.15) is 0 Å². The molecule has 0 radical (unpaired) electrons. The second kappa shape index (κ2) is 5.97. The van der Waals surface area contributed by atoms with Crippen LogP contribution in [0.3, 0.4) is 0 Å². The first-order valence-electron chi connectivity index (χ1n) is 7.43. The van der Waals surface area contributed by atoms with E-state index in [-0.39, 0.29) is 0 Å². The van der Waals surface area contributed by atoms with Crippen LogP contribution in [0, 0.1) is 11.8 Å². The lowest BCUT2D eigenvalue weighted by Crippen LogP contribution is -2.51. The fourth-order valence-corrected chi connectivity index (χ4v) is 3.87. The van der Waals surface area contributed by atoms with Crippen LogP contribution in [-0.2, 0) is 5.41 Å². The number of hydrogen-bond donors (Lipinski definition) is 1. The summed E-state index contributed by atoms with van der Waals surface area (Å²) in [5, 5.41) is 3.65. The summed E-state index contributed by atoms with van der Waals surface area (Å²) in [6, 6.07) is 9.30. The third-order valence-corrected chi connectivity index (χ3v) is 5.23. The predicted octanol–water partition coefficient (Wildman–Crippen LogP) is 4.75. The van der Waals surface area contributed by atoms with Crippen LogP contribution in [0.4, 0.5) is 0 Å². The highest BCUT2D eigenvalue weighted by molar-refractivity contribution is 9.10. The molecule has 2 heteroatoms. The number of hydrogen-bond acceptors (Lipinski definition) is 1. The quantitative estimate of drug-likeness (QED) is 0.824. The fraction of sp³-hybridized carbons (Fsp3) is 0.647. The zero-order valence-electron chi connectivity index (χ0n) is 12.5. The molecular formula is C17H26BrN. The van der Waals surface area contributed by atoms with E-state index in [1.54, 1.807) is 0 Å². The minimum absolute atomic E-state index is 0.333.